The average Bonchev–Trinajstić information content (AvgIpc) is 2.68. The van der Waals surface area contributed by atoms with Crippen molar-refractivity contribution in [3.8, 4) is 11.8 Å². The zero-order valence-electron chi connectivity index (χ0n) is 16.4. The van der Waals surface area contributed by atoms with Crippen LogP contribution in [0.2, 0.25) is 0 Å². The van der Waals surface area contributed by atoms with E-state index in [2.05, 4.69) is 66.2 Å². The van der Waals surface area contributed by atoms with E-state index < -0.39 is 0 Å². The molecule has 0 radical (unpaired) electrons. The smallest absolute Gasteiger partial charge is 0.136 e. The summed E-state index contributed by atoms with van der Waals surface area (Å²) in [6.07, 6.45) is 12.4. The Morgan fingerprint density at radius 1 is 0.654 bits per heavy atom. The number of hydrogen-bond acceptors (Lipinski definition) is 2. The predicted molar refractivity (Wildman–Crippen MR) is 110 cm³/mol. The molecule has 26 heavy (non-hydrogen) atoms. The maximum atomic E-state index is 4.31. The lowest BCUT2D eigenvalue weighted by molar-refractivity contribution is 0.625. The quantitative estimate of drug-likeness (QED) is 0.382. The minimum Gasteiger partial charge on any atom is -0.154 e. The number of aryl methyl sites for hydroxylation is 2. The summed E-state index contributed by atoms with van der Waals surface area (Å²) in [6.45, 7) is 4.48. The van der Waals surface area contributed by atoms with Crippen LogP contribution in [0.15, 0.2) is 36.4 Å². The number of aromatic nitrogens is 2. The molecule has 2 rings (SSSR count). The van der Waals surface area contributed by atoms with Crippen molar-refractivity contribution < 1.29 is 0 Å². The first-order valence-corrected chi connectivity index (χ1v) is 10.3. The van der Waals surface area contributed by atoms with E-state index in [1.807, 2.05) is 6.07 Å². The monoisotopic (exact) mass is 348 g/mol. The SMILES string of the molecule is CCCCCCCc1ccc(C#Cc2ccc(CCCCC)cc2)nn1. The molecule has 0 saturated carbocycles. The highest BCUT2D eigenvalue weighted by atomic mass is 15.1. The molecule has 2 aromatic rings. The molecule has 0 bridgehead atoms. The number of rotatable bonds is 10. The van der Waals surface area contributed by atoms with Gasteiger partial charge in [-0.2, -0.15) is 5.10 Å². The summed E-state index contributed by atoms with van der Waals surface area (Å²) < 4.78 is 0. The third-order valence-electron chi connectivity index (χ3n) is 4.61. The summed E-state index contributed by atoms with van der Waals surface area (Å²) >= 11 is 0. The van der Waals surface area contributed by atoms with Crippen LogP contribution < -0.4 is 0 Å². The maximum Gasteiger partial charge on any atom is 0.136 e. The Kier molecular flexibility index (Phi) is 9.51. The van der Waals surface area contributed by atoms with Crippen molar-refractivity contribution in [3.63, 3.8) is 0 Å². The van der Waals surface area contributed by atoms with Crippen molar-refractivity contribution in [1.29, 1.82) is 0 Å². The van der Waals surface area contributed by atoms with Crippen LogP contribution in [0.3, 0.4) is 0 Å². The summed E-state index contributed by atoms with van der Waals surface area (Å²) in [5.74, 6) is 6.31. The molecule has 0 saturated heterocycles. The molecule has 0 N–H and O–H groups in total. The molecule has 1 aromatic carbocycles. The largest absolute Gasteiger partial charge is 0.154 e. The number of hydrogen-bond donors (Lipinski definition) is 0. The summed E-state index contributed by atoms with van der Waals surface area (Å²) in [7, 11) is 0. The Morgan fingerprint density at radius 2 is 1.35 bits per heavy atom. The van der Waals surface area contributed by atoms with Crippen LogP contribution in [0.1, 0.15) is 87.7 Å². The molecule has 1 heterocycles. The highest BCUT2D eigenvalue weighted by molar-refractivity contribution is 5.40. The van der Waals surface area contributed by atoms with E-state index in [0.717, 1.165) is 29.8 Å². The maximum absolute atomic E-state index is 4.31. The Hall–Kier alpha value is -2.14. The van der Waals surface area contributed by atoms with Gasteiger partial charge in [0, 0.05) is 5.56 Å². The van der Waals surface area contributed by atoms with E-state index in [0.29, 0.717) is 0 Å². The molecule has 0 aliphatic rings. The molecule has 1 aromatic heterocycles. The van der Waals surface area contributed by atoms with Gasteiger partial charge >= 0.3 is 0 Å². The highest BCUT2D eigenvalue weighted by Crippen LogP contribution is 2.09. The fourth-order valence-electron chi connectivity index (χ4n) is 2.94. The lowest BCUT2D eigenvalue weighted by Crippen LogP contribution is -1.95. The second kappa shape index (κ2) is 12.3. The lowest BCUT2D eigenvalue weighted by atomic mass is 10.1. The molecule has 0 unspecified atom stereocenters. The molecule has 0 atom stereocenters. The molecule has 0 aliphatic carbocycles. The summed E-state index contributed by atoms with van der Waals surface area (Å²) in [5.41, 5.74) is 4.24. The third kappa shape index (κ3) is 7.83. The van der Waals surface area contributed by atoms with Gasteiger partial charge in [-0.05, 0) is 61.4 Å². The normalized spacial score (nSPS) is 10.4. The molecule has 0 spiro atoms. The van der Waals surface area contributed by atoms with Gasteiger partial charge in [-0.3, -0.25) is 0 Å². The van der Waals surface area contributed by atoms with Crippen LogP contribution in [-0.2, 0) is 12.8 Å². The predicted octanol–water partition coefficient (Wildman–Crippen LogP) is 6.12. The first kappa shape index (κ1) is 20.2. The van der Waals surface area contributed by atoms with Gasteiger partial charge in [0.15, 0.2) is 0 Å². The summed E-state index contributed by atoms with van der Waals surface area (Å²) in [5, 5.41) is 8.56. The third-order valence-corrected chi connectivity index (χ3v) is 4.61. The number of unbranched alkanes of at least 4 members (excludes halogenated alkanes) is 6. The number of benzene rings is 1. The van der Waals surface area contributed by atoms with Crippen LogP contribution in [0.25, 0.3) is 0 Å². The Balaban J connectivity index is 1.81. The van der Waals surface area contributed by atoms with Crippen LogP contribution in [0.5, 0.6) is 0 Å². The molecular weight excluding hydrogens is 316 g/mol. The van der Waals surface area contributed by atoms with Gasteiger partial charge in [-0.25, -0.2) is 0 Å². The van der Waals surface area contributed by atoms with Gasteiger partial charge in [0.25, 0.3) is 0 Å². The number of nitrogens with zero attached hydrogens (tertiary/aromatic N) is 2. The first-order chi connectivity index (χ1) is 12.8. The average molecular weight is 349 g/mol. The van der Waals surface area contributed by atoms with E-state index in [4.69, 9.17) is 0 Å². The summed E-state index contributed by atoms with van der Waals surface area (Å²) in [6, 6.07) is 12.6. The van der Waals surface area contributed by atoms with E-state index in [1.54, 1.807) is 0 Å². The van der Waals surface area contributed by atoms with E-state index in [-0.39, 0.29) is 0 Å². The van der Waals surface area contributed by atoms with Crippen LogP contribution >= 0.6 is 0 Å². The lowest BCUT2D eigenvalue weighted by Gasteiger charge is -2.00. The molecule has 0 aliphatic heterocycles. The van der Waals surface area contributed by atoms with E-state index >= 15 is 0 Å². The second-order valence-electron chi connectivity index (χ2n) is 6.98. The van der Waals surface area contributed by atoms with Crippen LogP contribution in [0.4, 0.5) is 0 Å². The van der Waals surface area contributed by atoms with Crippen molar-refractivity contribution in [3.05, 3.63) is 58.9 Å². The van der Waals surface area contributed by atoms with Gasteiger partial charge in [0.1, 0.15) is 5.69 Å². The molecule has 2 heteroatoms. The van der Waals surface area contributed by atoms with Gasteiger partial charge in [-0.1, -0.05) is 70.4 Å². The van der Waals surface area contributed by atoms with Crippen LogP contribution in [0, 0.1) is 11.8 Å². The van der Waals surface area contributed by atoms with Crippen molar-refractivity contribution in [2.45, 2.75) is 78.1 Å². The zero-order chi connectivity index (χ0) is 18.5. The summed E-state index contributed by atoms with van der Waals surface area (Å²) in [4.78, 5) is 0. The van der Waals surface area contributed by atoms with E-state index in [9.17, 15) is 0 Å². The van der Waals surface area contributed by atoms with Crippen LogP contribution in [-0.4, -0.2) is 10.2 Å². The molecule has 0 amide bonds. The molecular formula is C24H32N2. The van der Waals surface area contributed by atoms with Crippen molar-refractivity contribution in [2.24, 2.45) is 0 Å². The fraction of sp³-hybridized carbons (Fsp3) is 0.500. The standard InChI is InChI=1S/C24H32N2/c1-3-5-7-8-10-12-23-19-20-24(26-25-23)18-17-22-15-13-21(14-16-22)11-9-6-4-2/h13-16,19-20H,3-12H2,1-2H3. The minimum absolute atomic E-state index is 0.742. The molecule has 2 nitrogen and oxygen atoms in total. The fourth-order valence-corrected chi connectivity index (χ4v) is 2.94. The Morgan fingerprint density at radius 3 is 2.04 bits per heavy atom. The van der Waals surface area contributed by atoms with Gasteiger partial charge < -0.3 is 0 Å². The molecule has 138 valence electrons. The zero-order valence-corrected chi connectivity index (χ0v) is 16.4. The topological polar surface area (TPSA) is 25.8 Å². The van der Waals surface area contributed by atoms with Crippen molar-refractivity contribution >= 4 is 0 Å². The second-order valence-corrected chi connectivity index (χ2v) is 6.98. The first-order valence-electron chi connectivity index (χ1n) is 10.3. The molecule has 0 fully saturated rings. The van der Waals surface area contributed by atoms with Gasteiger partial charge in [-0.15, -0.1) is 5.10 Å². The Bertz CT molecular complexity index is 675. The minimum atomic E-state index is 0.742. The van der Waals surface area contributed by atoms with Gasteiger partial charge in [0.2, 0.25) is 0 Å². The van der Waals surface area contributed by atoms with Crippen molar-refractivity contribution in [1.82, 2.24) is 10.2 Å². The van der Waals surface area contributed by atoms with E-state index in [1.165, 1.54) is 56.9 Å². The van der Waals surface area contributed by atoms with Gasteiger partial charge in [0.05, 0.1) is 5.69 Å². The Labute approximate surface area is 159 Å². The van der Waals surface area contributed by atoms with Crippen molar-refractivity contribution in [2.75, 3.05) is 0 Å². The highest BCUT2D eigenvalue weighted by Gasteiger charge is 1.97.